The van der Waals surface area contributed by atoms with Gasteiger partial charge in [-0.2, -0.15) is 0 Å². The number of benzene rings is 1. The summed E-state index contributed by atoms with van der Waals surface area (Å²) in [7, 11) is 0. The molecule has 0 saturated carbocycles. The maximum atomic E-state index is 12.5. The van der Waals surface area contributed by atoms with Crippen molar-refractivity contribution in [3.8, 4) is 5.75 Å². The summed E-state index contributed by atoms with van der Waals surface area (Å²) in [5.74, 6) is 0.563. The van der Waals surface area contributed by atoms with Crippen LogP contribution in [0.1, 0.15) is 44.6 Å². The Morgan fingerprint density at radius 1 is 1.29 bits per heavy atom. The number of carbonyl (C=O) groups excluding carboxylic acids is 1. The molecule has 1 aliphatic heterocycles. The highest BCUT2D eigenvalue weighted by Crippen LogP contribution is 2.23. The SMILES string of the molecule is CCOc1ccccc1CCC(=O)N1CCCC(CCC(=O)O)C1. The van der Waals surface area contributed by atoms with Crippen molar-refractivity contribution in [3.05, 3.63) is 29.8 Å². The lowest BCUT2D eigenvalue weighted by Crippen LogP contribution is -2.40. The molecule has 1 unspecified atom stereocenters. The van der Waals surface area contributed by atoms with Crippen molar-refractivity contribution < 1.29 is 19.4 Å². The third-order valence-electron chi connectivity index (χ3n) is 4.52. The largest absolute Gasteiger partial charge is 0.494 e. The lowest BCUT2D eigenvalue weighted by molar-refractivity contribution is -0.137. The van der Waals surface area contributed by atoms with Crippen LogP contribution in [0.4, 0.5) is 0 Å². The van der Waals surface area contributed by atoms with Gasteiger partial charge in [0.25, 0.3) is 0 Å². The minimum absolute atomic E-state index is 0.154. The van der Waals surface area contributed by atoms with Gasteiger partial charge in [0, 0.05) is 25.9 Å². The fourth-order valence-corrected chi connectivity index (χ4v) is 3.26. The van der Waals surface area contributed by atoms with Crippen LogP contribution in [0.25, 0.3) is 0 Å². The number of para-hydroxylation sites is 1. The van der Waals surface area contributed by atoms with Crippen molar-refractivity contribution in [2.24, 2.45) is 5.92 Å². The maximum Gasteiger partial charge on any atom is 0.303 e. The predicted molar refractivity (Wildman–Crippen MR) is 92.1 cm³/mol. The lowest BCUT2D eigenvalue weighted by Gasteiger charge is -2.32. The van der Waals surface area contributed by atoms with Crippen LogP contribution in [0.3, 0.4) is 0 Å². The molecule has 1 N–H and O–H groups in total. The Balaban J connectivity index is 1.84. The number of hydrogen-bond acceptors (Lipinski definition) is 3. The van der Waals surface area contributed by atoms with Gasteiger partial charge < -0.3 is 14.7 Å². The van der Waals surface area contributed by atoms with E-state index < -0.39 is 5.97 Å². The number of aliphatic carboxylic acids is 1. The third-order valence-corrected chi connectivity index (χ3v) is 4.52. The van der Waals surface area contributed by atoms with E-state index in [4.69, 9.17) is 9.84 Å². The summed E-state index contributed by atoms with van der Waals surface area (Å²) in [6.45, 7) is 4.05. The second kappa shape index (κ2) is 9.30. The zero-order valence-electron chi connectivity index (χ0n) is 14.4. The number of carboxylic acid groups (broad SMARTS) is 1. The van der Waals surface area contributed by atoms with Gasteiger partial charge in [-0.3, -0.25) is 9.59 Å². The molecule has 1 aliphatic rings. The van der Waals surface area contributed by atoms with Gasteiger partial charge in [-0.05, 0) is 50.2 Å². The molecule has 1 fully saturated rings. The number of amides is 1. The summed E-state index contributed by atoms with van der Waals surface area (Å²) < 4.78 is 5.61. The van der Waals surface area contributed by atoms with Crippen molar-refractivity contribution in [1.29, 1.82) is 0 Å². The number of aryl methyl sites for hydroxylation is 1. The maximum absolute atomic E-state index is 12.5. The molecule has 2 rings (SSSR count). The molecule has 0 bridgehead atoms. The van der Waals surface area contributed by atoms with E-state index in [0.29, 0.717) is 38.3 Å². The second-order valence-corrected chi connectivity index (χ2v) is 6.32. The van der Waals surface area contributed by atoms with Gasteiger partial charge in [-0.25, -0.2) is 0 Å². The average Bonchev–Trinajstić information content (AvgIpc) is 2.59. The minimum Gasteiger partial charge on any atom is -0.494 e. The molecule has 1 atom stereocenters. The number of ether oxygens (including phenoxy) is 1. The number of carboxylic acids is 1. The Morgan fingerprint density at radius 2 is 2.08 bits per heavy atom. The molecule has 0 aliphatic carbocycles. The van der Waals surface area contributed by atoms with Crippen molar-refractivity contribution in [1.82, 2.24) is 4.90 Å². The highest BCUT2D eigenvalue weighted by atomic mass is 16.5. The first-order valence-electron chi connectivity index (χ1n) is 8.80. The first-order valence-corrected chi connectivity index (χ1v) is 8.80. The van der Waals surface area contributed by atoms with E-state index in [1.54, 1.807) is 0 Å². The lowest BCUT2D eigenvalue weighted by atomic mass is 9.93. The molecule has 0 spiro atoms. The molecule has 24 heavy (non-hydrogen) atoms. The molecule has 5 heteroatoms. The van der Waals surface area contributed by atoms with Crippen molar-refractivity contribution in [3.63, 3.8) is 0 Å². The summed E-state index contributed by atoms with van der Waals surface area (Å²) in [6, 6.07) is 7.84. The van der Waals surface area contributed by atoms with Gasteiger partial charge >= 0.3 is 5.97 Å². The van der Waals surface area contributed by atoms with Crippen LogP contribution in [-0.2, 0) is 16.0 Å². The molecule has 1 saturated heterocycles. The Labute approximate surface area is 143 Å². The summed E-state index contributed by atoms with van der Waals surface area (Å²) in [6.07, 6.45) is 3.97. The molecule has 132 valence electrons. The number of rotatable bonds is 8. The van der Waals surface area contributed by atoms with E-state index in [1.807, 2.05) is 36.1 Å². The fraction of sp³-hybridized carbons (Fsp3) is 0.579. The van der Waals surface area contributed by atoms with Crippen LogP contribution >= 0.6 is 0 Å². The van der Waals surface area contributed by atoms with Gasteiger partial charge in [0.15, 0.2) is 0 Å². The Morgan fingerprint density at radius 3 is 2.83 bits per heavy atom. The molecule has 5 nitrogen and oxygen atoms in total. The number of hydrogen-bond donors (Lipinski definition) is 1. The van der Waals surface area contributed by atoms with Gasteiger partial charge in [0.1, 0.15) is 5.75 Å². The zero-order chi connectivity index (χ0) is 17.4. The van der Waals surface area contributed by atoms with Crippen LogP contribution < -0.4 is 4.74 Å². The Bertz CT molecular complexity index is 558. The first kappa shape index (κ1) is 18.3. The van der Waals surface area contributed by atoms with Crippen molar-refractivity contribution in [2.45, 2.75) is 45.4 Å². The van der Waals surface area contributed by atoms with E-state index in [1.165, 1.54) is 0 Å². The van der Waals surface area contributed by atoms with Crippen molar-refractivity contribution in [2.75, 3.05) is 19.7 Å². The molecular weight excluding hydrogens is 306 g/mol. The number of nitrogens with zero attached hydrogens (tertiary/aromatic N) is 1. The highest BCUT2D eigenvalue weighted by molar-refractivity contribution is 5.76. The molecule has 1 aromatic rings. The van der Waals surface area contributed by atoms with Crippen LogP contribution in [0.15, 0.2) is 24.3 Å². The van der Waals surface area contributed by atoms with E-state index in [-0.39, 0.29) is 12.3 Å². The van der Waals surface area contributed by atoms with Gasteiger partial charge in [-0.1, -0.05) is 18.2 Å². The summed E-state index contributed by atoms with van der Waals surface area (Å²) >= 11 is 0. The molecule has 0 radical (unpaired) electrons. The van der Waals surface area contributed by atoms with E-state index in [9.17, 15) is 9.59 Å². The monoisotopic (exact) mass is 333 g/mol. The number of likely N-dealkylation sites (tertiary alicyclic amines) is 1. The van der Waals surface area contributed by atoms with E-state index in [2.05, 4.69) is 0 Å². The first-order chi connectivity index (χ1) is 11.6. The summed E-state index contributed by atoms with van der Waals surface area (Å²) in [5, 5.41) is 8.81. The topological polar surface area (TPSA) is 66.8 Å². The van der Waals surface area contributed by atoms with Gasteiger partial charge in [-0.15, -0.1) is 0 Å². The predicted octanol–water partition coefficient (Wildman–Crippen LogP) is 3.12. The molecule has 1 aromatic carbocycles. The molecular formula is C19H27NO4. The zero-order valence-corrected chi connectivity index (χ0v) is 14.4. The second-order valence-electron chi connectivity index (χ2n) is 6.32. The van der Waals surface area contributed by atoms with Crippen LogP contribution in [-0.4, -0.2) is 41.6 Å². The Hall–Kier alpha value is -2.04. The number of carbonyl (C=O) groups is 2. The van der Waals surface area contributed by atoms with Gasteiger partial charge in [0.05, 0.1) is 6.61 Å². The van der Waals surface area contributed by atoms with E-state index >= 15 is 0 Å². The summed E-state index contributed by atoms with van der Waals surface area (Å²) in [4.78, 5) is 25.1. The quantitative estimate of drug-likeness (QED) is 0.794. The minimum atomic E-state index is -0.758. The normalized spacial score (nSPS) is 17.5. The van der Waals surface area contributed by atoms with Crippen LogP contribution in [0, 0.1) is 5.92 Å². The average molecular weight is 333 g/mol. The van der Waals surface area contributed by atoms with Gasteiger partial charge in [0.2, 0.25) is 5.91 Å². The smallest absolute Gasteiger partial charge is 0.303 e. The van der Waals surface area contributed by atoms with E-state index in [0.717, 1.165) is 30.7 Å². The van der Waals surface area contributed by atoms with Crippen LogP contribution in [0.5, 0.6) is 5.75 Å². The molecule has 1 heterocycles. The Kier molecular flexibility index (Phi) is 7.09. The highest BCUT2D eigenvalue weighted by Gasteiger charge is 2.24. The number of piperidine rings is 1. The van der Waals surface area contributed by atoms with Crippen molar-refractivity contribution >= 4 is 11.9 Å². The van der Waals surface area contributed by atoms with Crippen LogP contribution in [0.2, 0.25) is 0 Å². The molecule has 1 amide bonds. The molecule has 0 aromatic heterocycles. The standard InChI is InChI=1S/C19H27NO4/c1-2-24-17-8-4-3-7-16(17)10-11-18(21)20-13-5-6-15(14-20)9-12-19(22)23/h3-4,7-8,15H,2,5-6,9-14H2,1H3,(H,22,23). The fourth-order valence-electron chi connectivity index (χ4n) is 3.26. The summed E-state index contributed by atoms with van der Waals surface area (Å²) in [5.41, 5.74) is 1.06. The third kappa shape index (κ3) is 5.55.